The Kier molecular flexibility index (Phi) is 12.6. The molecular weight excluding hydrogens is 1480 g/mol. The summed E-state index contributed by atoms with van der Waals surface area (Å²) in [5.74, 6) is 0. The number of benzene rings is 16. The van der Waals surface area contributed by atoms with Gasteiger partial charge < -0.3 is 0 Å². The summed E-state index contributed by atoms with van der Waals surface area (Å²) < 4.78 is 17.5. The van der Waals surface area contributed by atoms with Crippen LogP contribution in [0.5, 0.6) is 0 Å². The minimum absolute atomic E-state index is 0.923. The van der Waals surface area contributed by atoms with Crippen LogP contribution in [0.2, 0.25) is 0 Å². The van der Waals surface area contributed by atoms with Gasteiger partial charge in [-0.2, -0.15) is 0 Å². The van der Waals surface area contributed by atoms with Crippen molar-refractivity contribution in [1.29, 1.82) is 0 Å². The molecule has 29 aromatic rings. The summed E-state index contributed by atoms with van der Waals surface area (Å²) in [6.45, 7) is 0. The smallest absolute Gasteiger partial charge is 0.165 e. The van der Waals surface area contributed by atoms with Gasteiger partial charge in [0.05, 0.1) is 66.2 Å². The van der Waals surface area contributed by atoms with Gasteiger partial charge in [0.25, 0.3) is 0 Å². The average molecular weight is 1530 g/mol. The van der Waals surface area contributed by atoms with E-state index in [9.17, 15) is 0 Å². The van der Waals surface area contributed by atoms with Crippen LogP contribution in [-0.2, 0) is 0 Å². The summed E-state index contributed by atoms with van der Waals surface area (Å²) in [4.78, 5) is 31.2. The van der Waals surface area contributed by atoms with Crippen molar-refractivity contribution >= 4 is 274 Å². The topological polar surface area (TPSA) is 90.6 Å². The summed E-state index contributed by atoms with van der Waals surface area (Å²) in [7, 11) is 0. The Morgan fingerprint density at radius 1 is 0.191 bits per heavy atom. The fourth-order valence-corrected chi connectivity index (χ4v) is 24.0. The lowest BCUT2D eigenvalue weighted by Crippen LogP contribution is -1.88. The lowest BCUT2D eigenvalue weighted by atomic mass is 10.0. The van der Waals surface area contributed by atoms with Crippen LogP contribution in [0.3, 0.4) is 0 Å². The summed E-state index contributed by atoms with van der Waals surface area (Å²) >= 11 is 7.50. The van der Waals surface area contributed by atoms with Gasteiger partial charge in [0.2, 0.25) is 0 Å². The SMILES string of the molecule is c1ccc(-c2ccc3sc4cc5c6ccccc6n6c7nc8ccccc8nc7c(c4c3c2)c56)cc1.c1ccc(-c2cccc3c2sc2cc4c5ccccc5n5c6nc7ccccc7nc6c(c23)c45)cc1.c1ccc2nc3c(nc2c1)c1c2c(cc4c5ccccc5n3c41)sc1cc(-c3ccc4c(c3)sc3ccccc34)ccc12. The summed E-state index contributed by atoms with van der Waals surface area (Å²) in [5.41, 5.74) is 26.0. The van der Waals surface area contributed by atoms with E-state index in [1.165, 1.54) is 196 Å². The Hall–Kier alpha value is -14.2. The van der Waals surface area contributed by atoms with Gasteiger partial charge in [-0.15, -0.1) is 45.3 Å². The second-order valence-corrected chi connectivity index (χ2v) is 34.5. The van der Waals surface area contributed by atoms with Crippen LogP contribution in [-0.4, -0.2) is 43.1 Å². The average Bonchev–Trinajstić information content (AvgIpc) is 1.52. The highest BCUT2D eigenvalue weighted by molar-refractivity contribution is 7.27. The quantitative estimate of drug-likeness (QED) is 0.175. The fraction of sp³-hybridized carbons (Fsp3) is 0. The Balaban J connectivity index is 0.0000000932. The highest BCUT2D eigenvalue weighted by Crippen LogP contribution is 2.53. The van der Waals surface area contributed by atoms with E-state index in [-0.39, 0.29) is 0 Å². The molecule has 13 heteroatoms. The lowest BCUT2D eigenvalue weighted by molar-refractivity contribution is 1.28. The maximum absolute atomic E-state index is 5.25. The van der Waals surface area contributed by atoms with Gasteiger partial charge in [0.1, 0.15) is 16.6 Å². The predicted octanol–water partition coefficient (Wildman–Crippen LogP) is 28.8. The van der Waals surface area contributed by atoms with Crippen LogP contribution < -0.4 is 0 Å². The third kappa shape index (κ3) is 8.67. The molecule has 530 valence electrons. The molecule has 115 heavy (non-hydrogen) atoms. The maximum atomic E-state index is 5.25. The Bertz CT molecular complexity index is 9130. The van der Waals surface area contributed by atoms with E-state index in [1.807, 2.05) is 81.7 Å². The lowest BCUT2D eigenvalue weighted by Gasteiger charge is -2.03. The molecule has 0 spiro atoms. The molecule has 16 aromatic carbocycles. The van der Waals surface area contributed by atoms with Crippen molar-refractivity contribution in [2.75, 3.05) is 0 Å². The summed E-state index contributed by atoms with van der Waals surface area (Å²) in [5, 5.41) is 21.6. The van der Waals surface area contributed by atoms with Gasteiger partial charge >= 0.3 is 0 Å². The molecule has 0 aliphatic carbocycles. The molecule has 0 radical (unpaired) electrons. The van der Waals surface area contributed by atoms with Crippen molar-refractivity contribution < 1.29 is 0 Å². The first kappa shape index (κ1) is 62.5. The molecule has 0 atom stereocenters. The van der Waals surface area contributed by atoms with Crippen LogP contribution in [0.4, 0.5) is 0 Å². The van der Waals surface area contributed by atoms with Gasteiger partial charge in [0, 0.05) is 129 Å². The molecule has 0 aliphatic rings. The molecule has 13 aromatic heterocycles. The van der Waals surface area contributed by atoms with Gasteiger partial charge in [-0.1, -0.05) is 218 Å². The first-order chi connectivity index (χ1) is 57.0. The molecule has 0 unspecified atom stereocenters. The standard InChI is InChI=1S/C38H19N3S2.2C32H17N3S/c1-5-11-29-22(7-1)26-19-33-34(35-36-38(41(29)37(26)35)40-28-10-4-3-9-27(28)39-36)25-16-14-21(18-32(25)43-33)20-13-15-24-23-8-2-6-12-30(23)42-31(24)17-20;1-2-9-18(10-3-1)19-12-8-13-21-27-26(36-31(19)21)17-22-20-11-4-7-16-25(20)35-30(22)28(27)29-32(35)34-24-15-6-5-14-23(24)33-29;1-2-8-18(9-3-1)19-14-15-26-22(16-19)28-27(36-26)17-21-20-10-4-7-13-25(20)35-31(21)29(28)30-32(35)34-24-12-6-5-11-23(24)33-30/h1-19H;2*1-17H. The summed E-state index contributed by atoms with van der Waals surface area (Å²) in [6.07, 6.45) is 0. The fourth-order valence-electron chi connectivity index (χ4n) is 19.2. The molecule has 0 saturated heterocycles. The molecule has 29 rings (SSSR count). The zero-order chi connectivity index (χ0) is 74.6. The van der Waals surface area contributed by atoms with Crippen molar-refractivity contribution in [3.05, 3.63) is 322 Å². The largest absolute Gasteiger partial charge is 0.291 e. The van der Waals surface area contributed by atoms with E-state index < -0.39 is 0 Å². The van der Waals surface area contributed by atoms with Crippen molar-refractivity contribution in [3.8, 4) is 33.4 Å². The van der Waals surface area contributed by atoms with Gasteiger partial charge in [-0.05, 0) is 137 Å². The Morgan fingerprint density at radius 3 is 1.07 bits per heavy atom. The second-order valence-electron chi connectivity index (χ2n) is 30.2. The molecule has 0 amide bonds. The van der Waals surface area contributed by atoms with Crippen molar-refractivity contribution in [1.82, 2.24) is 43.1 Å². The predicted molar refractivity (Wildman–Crippen MR) is 490 cm³/mol. The van der Waals surface area contributed by atoms with Gasteiger partial charge in [-0.3, -0.25) is 13.2 Å². The Morgan fingerprint density at radius 2 is 0.548 bits per heavy atom. The minimum atomic E-state index is 0.923. The van der Waals surface area contributed by atoms with E-state index >= 15 is 0 Å². The van der Waals surface area contributed by atoms with E-state index in [4.69, 9.17) is 29.9 Å². The molecule has 0 bridgehead atoms. The van der Waals surface area contributed by atoms with E-state index in [2.05, 4.69) is 298 Å². The molecule has 0 saturated carbocycles. The van der Waals surface area contributed by atoms with Gasteiger partial charge in [-0.25, -0.2) is 29.9 Å². The Labute approximate surface area is 667 Å². The number of hydrogen-bond acceptors (Lipinski definition) is 10. The van der Waals surface area contributed by atoms with Crippen LogP contribution >= 0.6 is 45.3 Å². The molecule has 9 nitrogen and oxygen atoms in total. The van der Waals surface area contributed by atoms with Crippen LogP contribution in [0.15, 0.2) is 322 Å². The number of para-hydroxylation sites is 9. The zero-order valence-corrected chi connectivity index (χ0v) is 64.0. The third-order valence-electron chi connectivity index (χ3n) is 24.1. The molecular formula is C102H53N9S4. The van der Waals surface area contributed by atoms with Crippen molar-refractivity contribution in [3.63, 3.8) is 0 Å². The van der Waals surface area contributed by atoms with Crippen LogP contribution in [0.1, 0.15) is 0 Å². The normalized spacial score (nSPS) is 12.5. The minimum Gasteiger partial charge on any atom is -0.291 e. The van der Waals surface area contributed by atoms with Crippen molar-refractivity contribution in [2.24, 2.45) is 0 Å². The maximum Gasteiger partial charge on any atom is 0.165 e. The van der Waals surface area contributed by atoms with Crippen LogP contribution in [0.25, 0.3) is 262 Å². The van der Waals surface area contributed by atoms with Crippen LogP contribution in [0, 0.1) is 0 Å². The third-order valence-corrected chi connectivity index (χ3v) is 28.6. The molecule has 0 fully saturated rings. The monoisotopic (exact) mass is 1530 g/mol. The first-order valence-corrected chi connectivity index (χ1v) is 41.9. The highest BCUT2D eigenvalue weighted by Gasteiger charge is 2.29. The molecule has 0 N–H and O–H groups in total. The zero-order valence-electron chi connectivity index (χ0n) is 60.8. The van der Waals surface area contributed by atoms with E-state index in [0.29, 0.717) is 0 Å². The molecule has 0 aliphatic heterocycles. The second kappa shape index (κ2) is 23.2. The summed E-state index contributed by atoms with van der Waals surface area (Å²) in [6, 6.07) is 115. The number of thiophene rings is 4. The number of nitrogens with zero attached hydrogens (tertiary/aromatic N) is 9. The number of rotatable bonds is 3. The number of fused-ring (bicyclic) bond motifs is 36. The first-order valence-electron chi connectivity index (χ1n) is 38.6. The van der Waals surface area contributed by atoms with Gasteiger partial charge in [0.15, 0.2) is 16.9 Å². The number of aromatic nitrogens is 9. The number of hydrogen-bond donors (Lipinski definition) is 0. The molecule has 13 heterocycles. The van der Waals surface area contributed by atoms with Crippen molar-refractivity contribution in [2.45, 2.75) is 0 Å². The highest BCUT2D eigenvalue weighted by atomic mass is 32.1. The van der Waals surface area contributed by atoms with E-state index in [0.717, 1.165) is 66.6 Å². The van der Waals surface area contributed by atoms with E-state index in [1.54, 1.807) is 0 Å².